The van der Waals surface area contributed by atoms with Crippen LogP contribution < -0.4 is 0 Å². The van der Waals surface area contributed by atoms with E-state index in [0.717, 1.165) is 15.4 Å². The van der Waals surface area contributed by atoms with Gasteiger partial charge in [-0.05, 0) is 37.5 Å². The zero-order chi connectivity index (χ0) is 17.2. The van der Waals surface area contributed by atoms with E-state index in [1.54, 1.807) is 32.2 Å². The van der Waals surface area contributed by atoms with E-state index in [9.17, 15) is 20.0 Å². The summed E-state index contributed by atoms with van der Waals surface area (Å²) < 4.78 is 0. The molecular formula is C16H18N2O4S. The first-order valence-corrected chi connectivity index (χ1v) is 7.96. The second-order valence-electron chi connectivity index (χ2n) is 6.05. The molecule has 7 heteroatoms. The van der Waals surface area contributed by atoms with E-state index in [2.05, 4.69) is 4.98 Å². The predicted molar refractivity (Wildman–Crippen MR) is 88.5 cm³/mol. The summed E-state index contributed by atoms with van der Waals surface area (Å²) in [5, 5.41) is 20.8. The van der Waals surface area contributed by atoms with E-state index < -0.39 is 16.3 Å². The highest BCUT2D eigenvalue weighted by Gasteiger charge is 2.34. The Morgan fingerprint density at radius 2 is 2.00 bits per heavy atom. The van der Waals surface area contributed by atoms with Gasteiger partial charge in [0.15, 0.2) is 0 Å². The Kier molecular flexibility index (Phi) is 4.79. The summed E-state index contributed by atoms with van der Waals surface area (Å²) in [5.74, 6) is -0.881. The van der Waals surface area contributed by atoms with Gasteiger partial charge in [0.1, 0.15) is 0 Å². The summed E-state index contributed by atoms with van der Waals surface area (Å²) in [7, 11) is 0. The number of benzene rings is 1. The third-order valence-electron chi connectivity index (χ3n) is 4.18. The molecule has 122 valence electrons. The fourth-order valence-corrected chi connectivity index (χ4v) is 3.07. The highest BCUT2D eigenvalue weighted by atomic mass is 32.1. The van der Waals surface area contributed by atoms with Gasteiger partial charge in [-0.3, -0.25) is 14.9 Å². The van der Waals surface area contributed by atoms with Crippen LogP contribution in [0.1, 0.15) is 25.8 Å². The van der Waals surface area contributed by atoms with Crippen molar-refractivity contribution in [1.29, 1.82) is 0 Å². The van der Waals surface area contributed by atoms with E-state index in [1.807, 2.05) is 6.92 Å². The Bertz CT molecular complexity index is 722. The van der Waals surface area contributed by atoms with Gasteiger partial charge in [-0.15, -0.1) is 11.3 Å². The van der Waals surface area contributed by atoms with Crippen molar-refractivity contribution >= 4 is 23.0 Å². The molecule has 0 aliphatic heterocycles. The molecule has 0 bridgehead atoms. The molecule has 1 aromatic heterocycles. The van der Waals surface area contributed by atoms with Gasteiger partial charge in [0, 0.05) is 24.8 Å². The van der Waals surface area contributed by atoms with Gasteiger partial charge in [-0.1, -0.05) is 6.92 Å². The van der Waals surface area contributed by atoms with Crippen molar-refractivity contribution in [2.45, 2.75) is 27.2 Å². The predicted octanol–water partition coefficient (Wildman–Crippen LogP) is 4.01. The molecule has 1 unspecified atom stereocenters. The maximum Gasteiger partial charge on any atom is 0.309 e. The lowest BCUT2D eigenvalue weighted by Gasteiger charge is -2.26. The summed E-state index contributed by atoms with van der Waals surface area (Å²) >= 11 is 1.48. The normalized spacial score (nSPS) is 12.8. The molecule has 1 aromatic carbocycles. The lowest BCUT2D eigenvalue weighted by atomic mass is 9.78. The van der Waals surface area contributed by atoms with Crippen LogP contribution in [0.4, 0.5) is 5.69 Å². The Morgan fingerprint density at radius 1 is 1.39 bits per heavy atom. The van der Waals surface area contributed by atoms with Crippen molar-refractivity contribution in [1.82, 2.24) is 4.98 Å². The van der Waals surface area contributed by atoms with Gasteiger partial charge < -0.3 is 5.11 Å². The number of non-ortho nitro benzene ring substituents is 1. The van der Waals surface area contributed by atoms with Gasteiger partial charge in [0.05, 0.1) is 20.2 Å². The van der Waals surface area contributed by atoms with Gasteiger partial charge in [-0.25, -0.2) is 4.98 Å². The molecular weight excluding hydrogens is 316 g/mol. The van der Waals surface area contributed by atoms with Crippen molar-refractivity contribution in [3.05, 3.63) is 45.6 Å². The largest absolute Gasteiger partial charge is 0.481 e. The number of hydrogen-bond acceptors (Lipinski definition) is 5. The SMILES string of the molecule is CC(Cc1ncc(-c2ccc([N+](=O)[O-])cc2)s1)C(C)(C)C(=O)O. The van der Waals surface area contributed by atoms with E-state index >= 15 is 0 Å². The number of carbonyl (C=O) groups is 1. The Hall–Kier alpha value is -2.28. The third kappa shape index (κ3) is 3.73. The Morgan fingerprint density at radius 3 is 2.52 bits per heavy atom. The molecule has 0 fully saturated rings. The number of rotatable bonds is 6. The molecule has 23 heavy (non-hydrogen) atoms. The van der Waals surface area contributed by atoms with E-state index in [1.165, 1.54) is 23.5 Å². The van der Waals surface area contributed by atoms with E-state index in [-0.39, 0.29) is 11.6 Å². The monoisotopic (exact) mass is 334 g/mol. The van der Waals surface area contributed by atoms with Gasteiger partial charge in [-0.2, -0.15) is 0 Å². The molecule has 0 radical (unpaired) electrons. The molecule has 0 spiro atoms. The molecule has 0 aliphatic rings. The van der Waals surface area contributed by atoms with Gasteiger partial charge in [0.2, 0.25) is 0 Å². The van der Waals surface area contributed by atoms with Crippen LogP contribution in [0.25, 0.3) is 10.4 Å². The fraction of sp³-hybridized carbons (Fsp3) is 0.375. The summed E-state index contributed by atoms with van der Waals surface area (Å²) in [5.41, 5.74) is 0.0963. The minimum absolute atomic E-state index is 0.0512. The standard InChI is InChI=1S/C16H18N2O4S/c1-10(16(2,3)15(19)20)8-14-17-9-13(23-14)11-4-6-12(7-5-11)18(21)22/h4-7,9-10H,8H2,1-3H3,(H,19,20). The van der Waals surface area contributed by atoms with Crippen molar-refractivity contribution in [2.75, 3.05) is 0 Å². The quantitative estimate of drug-likeness (QED) is 0.636. The van der Waals surface area contributed by atoms with Crippen LogP contribution >= 0.6 is 11.3 Å². The second-order valence-corrected chi connectivity index (χ2v) is 7.17. The minimum Gasteiger partial charge on any atom is -0.481 e. The number of carboxylic acids is 1. The summed E-state index contributed by atoms with van der Waals surface area (Å²) in [6.45, 7) is 5.33. The zero-order valence-electron chi connectivity index (χ0n) is 13.1. The molecule has 6 nitrogen and oxygen atoms in total. The third-order valence-corrected chi connectivity index (χ3v) is 5.25. The van der Waals surface area contributed by atoms with Gasteiger partial charge in [0.25, 0.3) is 5.69 Å². The number of aliphatic carboxylic acids is 1. The van der Waals surface area contributed by atoms with Crippen molar-refractivity contribution in [3.63, 3.8) is 0 Å². The maximum atomic E-state index is 11.3. The van der Waals surface area contributed by atoms with Crippen LogP contribution in [-0.4, -0.2) is 21.0 Å². The highest BCUT2D eigenvalue weighted by Crippen LogP contribution is 2.33. The Labute approximate surface area is 138 Å². The van der Waals surface area contributed by atoms with Crippen LogP contribution in [0, 0.1) is 21.4 Å². The minimum atomic E-state index is -0.822. The molecule has 2 aromatic rings. The lowest BCUT2D eigenvalue weighted by molar-refractivity contribution is -0.384. The molecule has 1 N–H and O–H groups in total. The number of hydrogen-bond donors (Lipinski definition) is 1. The molecule has 0 saturated carbocycles. The first kappa shape index (κ1) is 17.1. The second kappa shape index (κ2) is 6.45. The lowest BCUT2D eigenvalue weighted by Crippen LogP contribution is -2.32. The topological polar surface area (TPSA) is 93.3 Å². The summed E-state index contributed by atoms with van der Waals surface area (Å²) in [4.78, 5) is 26.8. The average Bonchev–Trinajstić information content (AvgIpc) is 2.95. The van der Waals surface area contributed by atoms with Crippen LogP contribution in [0.15, 0.2) is 30.5 Å². The first-order chi connectivity index (χ1) is 10.7. The van der Waals surface area contributed by atoms with E-state index in [4.69, 9.17) is 0 Å². The molecule has 0 amide bonds. The van der Waals surface area contributed by atoms with Crippen molar-refractivity contribution in [2.24, 2.45) is 11.3 Å². The van der Waals surface area contributed by atoms with Crippen LogP contribution in [0.2, 0.25) is 0 Å². The molecule has 0 saturated heterocycles. The smallest absolute Gasteiger partial charge is 0.309 e. The number of aromatic nitrogens is 1. The van der Waals surface area contributed by atoms with Crippen molar-refractivity contribution < 1.29 is 14.8 Å². The van der Waals surface area contributed by atoms with Crippen molar-refractivity contribution in [3.8, 4) is 10.4 Å². The molecule has 1 heterocycles. The maximum absolute atomic E-state index is 11.3. The molecule has 0 aliphatic carbocycles. The number of nitro groups is 1. The average molecular weight is 334 g/mol. The number of thiazole rings is 1. The highest BCUT2D eigenvalue weighted by molar-refractivity contribution is 7.15. The fourth-order valence-electron chi connectivity index (χ4n) is 2.01. The first-order valence-electron chi connectivity index (χ1n) is 7.14. The van der Waals surface area contributed by atoms with Crippen LogP contribution in [0.3, 0.4) is 0 Å². The molecule has 1 atom stereocenters. The van der Waals surface area contributed by atoms with Crippen LogP contribution in [-0.2, 0) is 11.2 Å². The number of carboxylic acid groups (broad SMARTS) is 1. The summed E-state index contributed by atoms with van der Waals surface area (Å²) in [6, 6.07) is 6.32. The van der Waals surface area contributed by atoms with E-state index in [0.29, 0.717) is 6.42 Å². The number of nitrogens with zero attached hydrogens (tertiary/aromatic N) is 2. The molecule has 2 rings (SSSR count). The zero-order valence-corrected chi connectivity index (χ0v) is 14.0. The number of nitro benzene ring substituents is 1. The van der Waals surface area contributed by atoms with Crippen LogP contribution in [0.5, 0.6) is 0 Å². The summed E-state index contributed by atoms with van der Waals surface area (Å²) in [6.07, 6.45) is 2.30. The van der Waals surface area contributed by atoms with Gasteiger partial charge >= 0.3 is 5.97 Å². The Balaban J connectivity index is 2.14.